The van der Waals surface area contributed by atoms with Gasteiger partial charge < -0.3 is 5.11 Å². The standard InChI is InChI=1S/C11H15N5O2/c1-4-15-9(5-7(2)13-15)6-16-8(3)10(11(17)18)12-14-16/h5H,4,6H2,1-3H3,(H,17,18). The number of rotatable bonds is 4. The van der Waals surface area contributed by atoms with Crippen molar-refractivity contribution in [3.63, 3.8) is 0 Å². The van der Waals surface area contributed by atoms with Crippen LogP contribution in [0, 0.1) is 13.8 Å². The highest BCUT2D eigenvalue weighted by Crippen LogP contribution is 2.09. The molecule has 0 amide bonds. The molecule has 0 bridgehead atoms. The average molecular weight is 249 g/mol. The van der Waals surface area contributed by atoms with Gasteiger partial charge >= 0.3 is 5.97 Å². The number of aromatic nitrogens is 5. The van der Waals surface area contributed by atoms with Gasteiger partial charge in [0.2, 0.25) is 0 Å². The Bertz CT molecular complexity index is 584. The molecular formula is C11H15N5O2. The van der Waals surface area contributed by atoms with Crippen LogP contribution in [0.5, 0.6) is 0 Å². The molecule has 0 spiro atoms. The molecule has 0 fully saturated rings. The van der Waals surface area contributed by atoms with Crippen LogP contribution in [0.1, 0.15) is 34.5 Å². The van der Waals surface area contributed by atoms with Crippen molar-refractivity contribution in [2.24, 2.45) is 0 Å². The van der Waals surface area contributed by atoms with E-state index in [1.807, 2.05) is 24.6 Å². The summed E-state index contributed by atoms with van der Waals surface area (Å²) < 4.78 is 3.45. The van der Waals surface area contributed by atoms with E-state index in [0.717, 1.165) is 17.9 Å². The van der Waals surface area contributed by atoms with E-state index in [1.54, 1.807) is 11.6 Å². The number of hydrogen-bond donors (Lipinski definition) is 1. The number of carbonyl (C=O) groups is 1. The van der Waals surface area contributed by atoms with Gasteiger partial charge in [-0.2, -0.15) is 5.10 Å². The predicted octanol–water partition coefficient (Wildman–Crippen LogP) is 0.858. The first-order chi connectivity index (χ1) is 8.52. The van der Waals surface area contributed by atoms with E-state index in [4.69, 9.17) is 5.11 Å². The van der Waals surface area contributed by atoms with Crippen LogP contribution in [-0.2, 0) is 13.1 Å². The van der Waals surface area contributed by atoms with E-state index in [-0.39, 0.29) is 5.69 Å². The third-order valence-electron chi connectivity index (χ3n) is 2.78. The molecule has 0 atom stereocenters. The quantitative estimate of drug-likeness (QED) is 0.868. The fraction of sp³-hybridized carbons (Fsp3) is 0.455. The molecule has 1 N–H and O–H groups in total. The molecule has 0 aromatic carbocycles. The molecule has 0 aliphatic carbocycles. The Labute approximate surface area is 104 Å². The van der Waals surface area contributed by atoms with Gasteiger partial charge in [0.25, 0.3) is 0 Å². The smallest absolute Gasteiger partial charge is 0.358 e. The molecule has 7 heteroatoms. The van der Waals surface area contributed by atoms with Crippen molar-refractivity contribution in [1.82, 2.24) is 24.8 Å². The zero-order valence-corrected chi connectivity index (χ0v) is 10.6. The van der Waals surface area contributed by atoms with Gasteiger partial charge in [-0.25, -0.2) is 9.48 Å². The van der Waals surface area contributed by atoms with Gasteiger partial charge in [-0.15, -0.1) is 5.10 Å². The van der Waals surface area contributed by atoms with Crippen LogP contribution in [-0.4, -0.2) is 35.9 Å². The number of nitrogens with zero attached hydrogens (tertiary/aromatic N) is 5. The van der Waals surface area contributed by atoms with Crippen LogP contribution in [0.3, 0.4) is 0 Å². The number of aryl methyl sites for hydroxylation is 2. The number of carboxylic acid groups (broad SMARTS) is 1. The molecule has 2 heterocycles. The summed E-state index contributed by atoms with van der Waals surface area (Å²) in [5.74, 6) is -1.06. The Morgan fingerprint density at radius 2 is 2.11 bits per heavy atom. The lowest BCUT2D eigenvalue weighted by molar-refractivity contribution is 0.0689. The lowest BCUT2D eigenvalue weighted by atomic mass is 10.3. The Morgan fingerprint density at radius 1 is 1.39 bits per heavy atom. The SMILES string of the molecule is CCn1nc(C)cc1Cn1nnc(C(=O)O)c1C. The summed E-state index contributed by atoms with van der Waals surface area (Å²) >= 11 is 0. The highest BCUT2D eigenvalue weighted by atomic mass is 16.4. The second-order valence-electron chi connectivity index (χ2n) is 4.08. The van der Waals surface area contributed by atoms with Gasteiger partial charge in [0, 0.05) is 6.54 Å². The maximum Gasteiger partial charge on any atom is 0.358 e. The summed E-state index contributed by atoms with van der Waals surface area (Å²) in [7, 11) is 0. The molecular weight excluding hydrogens is 234 g/mol. The molecule has 2 aromatic heterocycles. The van der Waals surface area contributed by atoms with E-state index >= 15 is 0 Å². The molecule has 0 aliphatic heterocycles. The first-order valence-corrected chi connectivity index (χ1v) is 5.69. The monoisotopic (exact) mass is 249 g/mol. The fourth-order valence-corrected chi connectivity index (χ4v) is 1.86. The van der Waals surface area contributed by atoms with Crippen LogP contribution in [0.25, 0.3) is 0 Å². The van der Waals surface area contributed by atoms with E-state index < -0.39 is 5.97 Å². The van der Waals surface area contributed by atoms with Crippen molar-refractivity contribution in [3.05, 3.63) is 28.8 Å². The minimum absolute atomic E-state index is 0.00529. The van der Waals surface area contributed by atoms with Crippen molar-refractivity contribution in [2.45, 2.75) is 33.9 Å². The highest BCUT2D eigenvalue weighted by Gasteiger charge is 2.16. The Hall–Kier alpha value is -2.18. The molecule has 0 unspecified atom stereocenters. The molecule has 18 heavy (non-hydrogen) atoms. The molecule has 2 rings (SSSR count). The Balaban J connectivity index is 2.31. The summed E-state index contributed by atoms with van der Waals surface area (Å²) in [5, 5.41) is 20.8. The van der Waals surface area contributed by atoms with Crippen LogP contribution >= 0.6 is 0 Å². The summed E-state index contributed by atoms with van der Waals surface area (Å²) in [6, 6.07) is 1.96. The highest BCUT2D eigenvalue weighted by molar-refractivity contribution is 5.86. The van der Waals surface area contributed by atoms with Gasteiger partial charge in [0.1, 0.15) is 0 Å². The van der Waals surface area contributed by atoms with E-state index in [0.29, 0.717) is 12.2 Å². The van der Waals surface area contributed by atoms with Crippen LogP contribution < -0.4 is 0 Å². The van der Waals surface area contributed by atoms with Gasteiger partial charge in [-0.1, -0.05) is 5.21 Å². The maximum absolute atomic E-state index is 10.9. The van der Waals surface area contributed by atoms with Crippen molar-refractivity contribution in [3.8, 4) is 0 Å². The summed E-state index contributed by atoms with van der Waals surface area (Å²) in [6.45, 7) is 6.87. The lowest BCUT2D eigenvalue weighted by Gasteiger charge is -2.05. The first kappa shape index (κ1) is 12.3. The summed E-state index contributed by atoms with van der Waals surface area (Å²) in [4.78, 5) is 10.9. The topological polar surface area (TPSA) is 85.8 Å². The Kier molecular flexibility index (Phi) is 3.14. The fourth-order valence-electron chi connectivity index (χ4n) is 1.86. The Morgan fingerprint density at radius 3 is 2.67 bits per heavy atom. The molecule has 0 saturated heterocycles. The predicted molar refractivity (Wildman–Crippen MR) is 63.5 cm³/mol. The zero-order valence-electron chi connectivity index (χ0n) is 10.6. The third-order valence-corrected chi connectivity index (χ3v) is 2.78. The van der Waals surface area contributed by atoms with E-state index in [2.05, 4.69) is 15.4 Å². The third kappa shape index (κ3) is 2.11. The van der Waals surface area contributed by atoms with Crippen molar-refractivity contribution in [2.75, 3.05) is 0 Å². The van der Waals surface area contributed by atoms with Gasteiger partial charge in [-0.05, 0) is 26.8 Å². The van der Waals surface area contributed by atoms with Crippen molar-refractivity contribution < 1.29 is 9.90 Å². The largest absolute Gasteiger partial charge is 0.476 e. The molecule has 7 nitrogen and oxygen atoms in total. The summed E-state index contributed by atoms with van der Waals surface area (Å²) in [6.07, 6.45) is 0. The van der Waals surface area contributed by atoms with Gasteiger partial charge in [-0.3, -0.25) is 4.68 Å². The normalized spacial score (nSPS) is 10.8. The van der Waals surface area contributed by atoms with Crippen LogP contribution in [0.15, 0.2) is 6.07 Å². The molecule has 0 saturated carbocycles. The summed E-state index contributed by atoms with van der Waals surface area (Å²) in [5.41, 5.74) is 2.46. The first-order valence-electron chi connectivity index (χ1n) is 5.69. The van der Waals surface area contributed by atoms with Crippen molar-refractivity contribution in [1.29, 1.82) is 0 Å². The van der Waals surface area contributed by atoms with Crippen molar-refractivity contribution >= 4 is 5.97 Å². The van der Waals surface area contributed by atoms with E-state index in [1.165, 1.54) is 0 Å². The van der Waals surface area contributed by atoms with Crippen LogP contribution in [0.4, 0.5) is 0 Å². The lowest BCUT2D eigenvalue weighted by Crippen LogP contribution is -2.10. The van der Waals surface area contributed by atoms with Gasteiger partial charge in [0.05, 0.1) is 23.6 Å². The number of carboxylic acids is 1. The molecule has 96 valence electrons. The van der Waals surface area contributed by atoms with Gasteiger partial charge in [0.15, 0.2) is 5.69 Å². The number of aromatic carboxylic acids is 1. The van der Waals surface area contributed by atoms with E-state index in [9.17, 15) is 4.79 Å². The second kappa shape index (κ2) is 4.59. The minimum Gasteiger partial charge on any atom is -0.476 e. The maximum atomic E-state index is 10.9. The minimum atomic E-state index is -1.06. The molecule has 2 aromatic rings. The molecule has 0 radical (unpaired) electrons. The zero-order chi connectivity index (χ0) is 13.3. The number of hydrogen-bond acceptors (Lipinski definition) is 4. The molecule has 0 aliphatic rings. The average Bonchev–Trinajstić information content (AvgIpc) is 2.84. The van der Waals surface area contributed by atoms with Crippen LogP contribution in [0.2, 0.25) is 0 Å². The second-order valence-corrected chi connectivity index (χ2v) is 4.08.